The van der Waals surface area contributed by atoms with E-state index in [0.29, 0.717) is 10.1 Å². The van der Waals surface area contributed by atoms with E-state index in [1.54, 1.807) is 17.5 Å². The van der Waals surface area contributed by atoms with E-state index in [1.165, 1.54) is 11.3 Å². The summed E-state index contributed by atoms with van der Waals surface area (Å²) < 4.78 is 26.4. The van der Waals surface area contributed by atoms with Crippen LogP contribution in [0.25, 0.3) is 0 Å². The van der Waals surface area contributed by atoms with E-state index in [4.69, 9.17) is 0 Å². The van der Waals surface area contributed by atoms with Crippen molar-refractivity contribution >= 4 is 21.4 Å². The molecule has 3 nitrogen and oxygen atoms in total. The highest BCUT2D eigenvalue weighted by Crippen LogP contribution is 2.16. The van der Waals surface area contributed by atoms with Crippen LogP contribution in [0.15, 0.2) is 21.7 Å². The minimum atomic E-state index is -3.29. The van der Waals surface area contributed by atoms with Gasteiger partial charge in [0.2, 0.25) is 10.0 Å². The van der Waals surface area contributed by atoms with Gasteiger partial charge in [0.25, 0.3) is 0 Å². The van der Waals surface area contributed by atoms with Gasteiger partial charge in [-0.15, -0.1) is 11.3 Å². The molecule has 1 aromatic rings. The minimum Gasteiger partial charge on any atom is -0.207 e. The van der Waals surface area contributed by atoms with E-state index in [9.17, 15) is 8.42 Å². The Bertz CT molecular complexity index is 368. The molecule has 0 aromatic carbocycles. The molecule has 0 bridgehead atoms. The van der Waals surface area contributed by atoms with E-state index in [-0.39, 0.29) is 6.04 Å². The summed E-state index contributed by atoms with van der Waals surface area (Å²) in [5.41, 5.74) is 0. The van der Waals surface area contributed by atoms with Gasteiger partial charge < -0.3 is 0 Å². The van der Waals surface area contributed by atoms with Crippen molar-refractivity contribution in [1.29, 1.82) is 0 Å². The van der Waals surface area contributed by atoms with Crippen molar-refractivity contribution in [2.24, 2.45) is 5.92 Å². The predicted molar refractivity (Wildman–Crippen MR) is 58.9 cm³/mol. The molecule has 1 N–H and O–H groups in total. The molecule has 1 heterocycles. The zero-order valence-electron chi connectivity index (χ0n) is 8.52. The summed E-state index contributed by atoms with van der Waals surface area (Å²) in [5.74, 6) is 0.296. The maximum absolute atomic E-state index is 11.7. The van der Waals surface area contributed by atoms with Crippen LogP contribution in [0, 0.1) is 5.92 Å². The van der Waals surface area contributed by atoms with Gasteiger partial charge in [0.15, 0.2) is 0 Å². The third kappa shape index (κ3) is 2.80. The summed E-state index contributed by atoms with van der Waals surface area (Å²) in [4.78, 5) is 0. The van der Waals surface area contributed by atoms with Crippen molar-refractivity contribution in [3.8, 4) is 0 Å². The molecule has 1 aromatic heterocycles. The second kappa shape index (κ2) is 4.42. The Morgan fingerprint density at radius 3 is 2.43 bits per heavy atom. The summed E-state index contributed by atoms with van der Waals surface area (Å²) in [6.07, 6.45) is 0. The first kappa shape index (κ1) is 11.7. The Hall–Kier alpha value is -0.390. The van der Waals surface area contributed by atoms with Crippen LogP contribution in [0.1, 0.15) is 20.8 Å². The molecule has 1 atom stereocenters. The van der Waals surface area contributed by atoms with Gasteiger partial charge in [-0.1, -0.05) is 19.9 Å². The summed E-state index contributed by atoms with van der Waals surface area (Å²) in [6.45, 7) is 5.85. The first-order chi connectivity index (χ1) is 6.43. The van der Waals surface area contributed by atoms with Crippen molar-refractivity contribution in [3.63, 3.8) is 0 Å². The molecule has 0 radical (unpaired) electrons. The Morgan fingerprint density at radius 1 is 1.36 bits per heavy atom. The van der Waals surface area contributed by atoms with Crippen LogP contribution in [-0.4, -0.2) is 14.5 Å². The highest BCUT2D eigenvalue weighted by molar-refractivity contribution is 7.91. The lowest BCUT2D eigenvalue weighted by molar-refractivity contribution is 0.477. The maximum Gasteiger partial charge on any atom is 0.250 e. The number of rotatable bonds is 4. The topological polar surface area (TPSA) is 46.2 Å². The average Bonchev–Trinajstić information content (AvgIpc) is 2.54. The molecule has 0 fully saturated rings. The largest absolute Gasteiger partial charge is 0.250 e. The molecular formula is C9H15NO2S2. The van der Waals surface area contributed by atoms with E-state index >= 15 is 0 Å². The molecule has 80 valence electrons. The zero-order chi connectivity index (χ0) is 10.8. The number of thiophene rings is 1. The number of hydrogen-bond acceptors (Lipinski definition) is 3. The highest BCUT2D eigenvalue weighted by Gasteiger charge is 2.19. The van der Waals surface area contributed by atoms with Gasteiger partial charge in [0.05, 0.1) is 0 Å². The van der Waals surface area contributed by atoms with E-state index < -0.39 is 10.0 Å². The second-order valence-electron chi connectivity index (χ2n) is 3.59. The van der Waals surface area contributed by atoms with Crippen molar-refractivity contribution in [1.82, 2.24) is 4.72 Å². The van der Waals surface area contributed by atoms with Crippen LogP contribution < -0.4 is 4.72 Å². The smallest absolute Gasteiger partial charge is 0.207 e. The Labute approximate surface area is 89.2 Å². The highest BCUT2D eigenvalue weighted by atomic mass is 32.2. The minimum absolute atomic E-state index is 0.0397. The Morgan fingerprint density at radius 2 is 2.00 bits per heavy atom. The molecule has 0 aliphatic rings. The summed E-state index contributed by atoms with van der Waals surface area (Å²) in [6, 6.07) is 3.31. The summed E-state index contributed by atoms with van der Waals surface area (Å²) in [7, 11) is -3.29. The van der Waals surface area contributed by atoms with Gasteiger partial charge in [0.1, 0.15) is 4.21 Å². The van der Waals surface area contributed by atoms with Crippen LogP contribution in [0.3, 0.4) is 0 Å². The van der Waals surface area contributed by atoms with Crippen LogP contribution in [-0.2, 0) is 10.0 Å². The van der Waals surface area contributed by atoms with Crippen molar-refractivity contribution in [2.75, 3.05) is 0 Å². The number of hydrogen-bond donors (Lipinski definition) is 1. The zero-order valence-corrected chi connectivity index (χ0v) is 10.2. The molecule has 14 heavy (non-hydrogen) atoms. The van der Waals surface area contributed by atoms with E-state index in [2.05, 4.69) is 4.72 Å². The van der Waals surface area contributed by atoms with Gasteiger partial charge in [-0.05, 0) is 24.3 Å². The van der Waals surface area contributed by atoms with Crippen LogP contribution >= 0.6 is 11.3 Å². The Kier molecular flexibility index (Phi) is 3.69. The van der Waals surface area contributed by atoms with Gasteiger partial charge in [0, 0.05) is 6.04 Å². The monoisotopic (exact) mass is 233 g/mol. The molecule has 0 amide bonds. The molecule has 0 saturated heterocycles. The fourth-order valence-electron chi connectivity index (χ4n) is 0.855. The van der Waals surface area contributed by atoms with Crippen LogP contribution in [0.2, 0.25) is 0 Å². The van der Waals surface area contributed by atoms with E-state index in [1.807, 2.05) is 20.8 Å². The molecular weight excluding hydrogens is 218 g/mol. The first-order valence-electron chi connectivity index (χ1n) is 4.49. The molecule has 0 aliphatic carbocycles. The molecule has 0 saturated carbocycles. The van der Waals surface area contributed by atoms with Gasteiger partial charge in [-0.25, -0.2) is 13.1 Å². The lowest BCUT2D eigenvalue weighted by Crippen LogP contribution is -2.35. The molecule has 5 heteroatoms. The van der Waals surface area contributed by atoms with Gasteiger partial charge in [-0.3, -0.25) is 0 Å². The van der Waals surface area contributed by atoms with Crippen LogP contribution in [0.5, 0.6) is 0 Å². The quantitative estimate of drug-likeness (QED) is 0.865. The van der Waals surface area contributed by atoms with Crippen molar-refractivity contribution < 1.29 is 8.42 Å². The number of nitrogens with one attached hydrogen (secondary N) is 1. The molecule has 0 unspecified atom stereocenters. The van der Waals surface area contributed by atoms with Crippen LogP contribution in [0.4, 0.5) is 0 Å². The predicted octanol–water partition coefficient (Wildman–Crippen LogP) is 2.07. The summed E-state index contributed by atoms with van der Waals surface area (Å²) >= 11 is 1.23. The SMILES string of the molecule is CC(C)[C@H](C)NS(=O)(=O)c1cccs1. The lowest BCUT2D eigenvalue weighted by atomic mass is 10.1. The first-order valence-corrected chi connectivity index (χ1v) is 6.85. The van der Waals surface area contributed by atoms with E-state index in [0.717, 1.165) is 0 Å². The van der Waals surface area contributed by atoms with Gasteiger partial charge >= 0.3 is 0 Å². The second-order valence-corrected chi connectivity index (χ2v) is 6.47. The van der Waals surface area contributed by atoms with Crippen molar-refractivity contribution in [3.05, 3.63) is 17.5 Å². The lowest BCUT2D eigenvalue weighted by Gasteiger charge is -2.16. The third-order valence-corrected chi connectivity index (χ3v) is 5.06. The van der Waals surface area contributed by atoms with Gasteiger partial charge in [-0.2, -0.15) is 0 Å². The third-order valence-electron chi connectivity index (χ3n) is 2.10. The molecule has 0 aliphatic heterocycles. The fraction of sp³-hybridized carbons (Fsp3) is 0.556. The standard InChI is InChI=1S/C9H15NO2S2/c1-7(2)8(3)10-14(11,12)9-5-4-6-13-9/h4-8,10H,1-3H3/t8-/m0/s1. The van der Waals surface area contributed by atoms with Crippen molar-refractivity contribution in [2.45, 2.75) is 31.0 Å². The fourth-order valence-corrected chi connectivity index (χ4v) is 3.26. The normalized spacial score (nSPS) is 14.6. The molecule has 1 rings (SSSR count). The molecule has 0 spiro atoms. The Balaban J connectivity index is 2.79. The maximum atomic E-state index is 11.7. The average molecular weight is 233 g/mol. The number of sulfonamides is 1. The summed E-state index contributed by atoms with van der Waals surface area (Å²) in [5, 5.41) is 1.76.